The molecule has 1 amide bonds. The van der Waals surface area contributed by atoms with Gasteiger partial charge in [-0.15, -0.1) is 0 Å². The lowest BCUT2D eigenvalue weighted by molar-refractivity contribution is 0.0655. The van der Waals surface area contributed by atoms with Gasteiger partial charge in [0.25, 0.3) is 5.91 Å². The summed E-state index contributed by atoms with van der Waals surface area (Å²) >= 11 is 0. The van der Waals surface area contributed by atoms with Crippen molar-refractivity contribution in [3.05, 3.63) is 42.0 Å². The van der Waals surface area contributed by atoms with Crippen molar-refractivity contribution in [2.45, 2.75) is 33.2 Å². The predicted molar refractivity (Wildman–Crippen MR) is 82.4 cm³/mol. The zero-order chi connectivity index (χ0) is 15.5. The van der Waals surface area contributed by atoms with Crippen LogP contribution in [0.15, 0.2) is 24.8 Å². The first kappa shape index (κ1) is 14.7. The van der Waals surface area contributed by atoms with Crippen molar-refractivity contribution in [3.63, 3.8) is 0 Å². The first-order valence-corrected chi connectivity index (χ1v) is 7.69. The lowest BCUT2D eigenvalue weighted by atomic mass is 9.97. The molecule has 0 unspecified atom stereocenters. The largest absolute Gasteiger partial charge is 0.337 e. The molecule has 1 aliphatic rings. The highest BCUT2D eigenvalue weighted by atomic mass is 16.2. The van der Waals surface area contributed by atoms with Crippen LogP contribution in [0.3, 0.4) is 0 Å². The lowest BCUT2D eigenvalue weighted by Crippen LogP contribution is -2.41. The Bertz CT molecular complexity index is 632. The number of hydrogen-bond acceptors (Lipinski definition) is 4. The quantitative estimate of drug-likeness (QED) is 0.867. The van der Waals surface area contributed by atoms with Crippen molar-refractivity contribution < 1.29 is 4.79 Å². The molecule has 1 atom stereocenters. The van der Waals surface area contributed by atoms with Gasteiger partial charge in [0.2, 0.25) is 0 Å². The minimum absolute atomic E-state index is 0.0175. The van der Waals surface area contributed by atoms with E-state index in [9.17, 15) is 4.79 Å². The van der Waals surface area contributed by atoms with Crippen molar-refractivity contribution in [2.75, 3.05) is 13.1 Å². The first-order valence-electron chi connectivity index (χ1n) is 7.69. The van der Waals surface area contributed by atoms with Crippen LogP contribution in [0.1, 0.15) is 34.8 Å². The van der Waals surface area contributed by atoms with Gasteiger partial charge in [-0.2, -0.15) is 0 Å². The van der Waals surface area contributed by atoms with Crippen LogP contribution < -0.4 is 0 Å². The number of piperidine rings is 1. The molecule has 2 aromatic heterocycles. The summed E-state index contributed by atoms with van der Waals surface area (Å²) in [5, 5.41) is 0. The Morgan fingerprint density at radius 2 is 2.23 bits per heavy atom. The Labute approximate surface area is 130 Å². The number of imidazole rings is 1. The van der Waals surface area contributed by atoms with Gasteiger partial charge >= 0.3 is 0 Å². The van der Waals surface area contributed by atoms with E-state index in [1.807, 2.05) is 31.3 Å². The Morgan fingerprint density at radius 3 is 2.95 bits per heavy atom. The van der Waals surface area contributed by atoms with Crippen molar-refractivity contribution in [1.82, 2.24) is 24.4 Å². The van der Waals surface area contributed by atoms with Crippen molar-refractivity contribution in [3.8, 4) is 0 Å². The summed E-state index contributed by atoms with van der Waals surface area (Å²) in [7, 11) is 0. The van der Waals surface area contributed by atoms with Gasteiger partial charge in [0.05, 0.1) is 6.33 Å². The third-order valence-corrected chi connectivity index (χ3v) is 4.02. The highest BCUT2D eigenvalue weighted by molar-refractivity contribution is 5.92. The Kier molecular flexibility index (Phi) is 4.18. The molecule has 2 aromatic rings. The van der Waals surface area contributed by atoms with Crippen LogP contribution in [0, 0.1) is 19.8 Å². The molecular formula is C16H21N5O. The summed E-state index contributed by atoms with van der Waals surface area (Å²) in [5.41, 5.74) is 1.34. The average Bonchev–Trinajstić information content (AvgIpc) is 2.98. The van der Waals surface area contributed by atoms with Gasteiger partial charge in [0, 0.05) is 37.7 Å². The number of hydrogen-bond donors (Lipinski definition) is 0. The molecular weight excluding hydrogens is 278 g/mol. The molecule has 6 heteroatoms. The van der Waals surface area contributed by atoms with Gasteiger partial charge in [-0.3, -0.25) is 4.79 Å². The van der Waals surface area contributed by atoms with E-state index in [-0.39, 0.29) is 5.91 Å². The summed E-state index contributed by atoms with van der Waals surface area (Å²) < 4.78 is 2.08. The molecule has 3 rings (SSSR count). The summed E-state index contributed by atoms with van der Waals surface area (Å²) in [5.74, 6) is 1.13. The lowest BCUT2D eigenvalue weighted by Gasteiger charge is -2.32. The molecule has 6 nitrogen and oxygen atoms in total. The minimum Gasteiger partial charge on any atom is -0.337 e. The summed E-state index contributed by atoms with van der Waals surface area (Å²) in [6.07, 6.45) is 7.77. The molecule has 3 heterocycles. The topological polar surface area (TPSA) is 63.9 Å². The van der Waals surface area contributed by atoms with Crippen LogP contribution in [0.4, 0.5) is 0 Å². The Balaban J connectivity index is 1.69. The smallest absolute Gasteiger partial charge is 0.272 e. The molecule has 1 saturated heterocycles. The molecule has 116 valence electrons. The second-order valence-corrected chi connectivity index (χ2v) is 5.96. The number of nitrogens with zero attached hydrogens (tertiary/aromatic N) is 5. The molecule has 0 saturated carbocycles. The van der Waals surface area contributed by atoms with Crippen LogP contribution in [-0.2, 0) is 6.54 Å². The average molecular weight is 299 g/mol. The second kappa shape index (κ2) is 6.25. The summed E-state index contributed by atoms with van der Waals surface area (Å²) in [4.78, 5) is 27.2. The van der Waals surface area contributed by atoms with Crippen LogP contribution in [-0.4, -0.2) is 43.4 Å². The Hall–Kier alpha value is -2.24. The summed E-state index contributed by atoms with van der Waals surface area (Å²) in [6.45, 7) is 6.21. The van der Waals surface area contributed by atoms with Gasteiger partial charge in [-0.05, 0) is 38.7 Å². The van der Waals surface area contributed by atoms with E-state index in [0.717, 1.165) is 38.2 Å². The fourth-order valence-electron chi connectivity index (χ4n) is 3.08. The van der Waals surface area contributed by atoms with E-state index in [0.29, 0.717) is 17.4 Å². The molecule has 0 spiro atoms. The maximum Gasteiger partial charge on any atom is 0.272 e. The maximum atomic E-state index is 12.7. The van der Waals surface area contributed by atoms with E-state index >= 15 is 0 Å². The van der Waals surface area contributed by atoms with E-state index in [2.05, 4.69) is 19.5 Å². The van der Waals surface area contributed by atoms with Gasteiger partial charge < -0.3 is 9.47 Å². The zero-order valence-corrected chi connectivity index (χ0v) is 13.1. The van der Waals surface area contributed by atoms with Crippen molar-refractivity contribution in [2.24, 2.45) is 5.92 Å². The Morgan fingerprint density at radius 1 is 1.36 bits per heavy atom. The molecule has 0 aromatic carbocycles. The zero-order valence-electron chi connectivity index (χ0n) is 13.1. The van der Waals surface area contributed by atoms with Crippen molar-refractivity contribution in [1.29, 1.82) is 0 Å². The molecule has 22 heavy (non-hydrogen) atoms. The fraction of sp³-hybridized carbons (Fsp3) is 0.500. The monoisotopic (exact) mass is 299 g/mol. The number of rotatable bonds is 3. The van der Waals surface area contributed by atoms with E-state index in [1.54, 1.807) is 12.3 Å². The van der Waals surface area contributed by atoms with E-state index in [4.69, 9.17) is 0 Å². The molecule has 1 fully saturated rings. The molecule has 1 aliphatic heterocycles. The third kappa shape index (κ3) is 3.32. The molecule has 0 radical (unpaired) electrons. The van der Waals surface area contributed by atoms with E-state index < -0.39 is 0 Å². The number of aromatic nitrogens is 4. The van der Waals surface area contributed by atoms with Gasteiger partial charge in [0.15, 0.2) is 0 Å². The van der Waals surface area contributed by atoms with Crippen molar-refractivity contribution >= 4 is 5.91 Å². The number of carbonyl (C=O) groups is 1. The van der Waals surface area contributed by atoms with Crippen LogP contribution in [0.2, 0.25) is 0 Å². The number of carbonyl (C=O) groups excluding carboxylic acids is 1. The highest BCUT2D eigenvalue weighted by Gasteiger charge is 2.25. The third-order valence-electron chi connectivity index (χ3n) is 4.02. The summed E-state index contributed by atoms with van der Waals surface area (Å²) in [6, 6.07) is 1.77. The van der Waals surface area contributed by atoms with E-state index in [1.165, 1.54) is 0 Å². The number of aryl methyl sites for hydroxylation is 2. The van der Waals surface area contributed by atoms with Crippen LogP contribution >= 0.6 is 0 Å². The number of amides is 1. The van der Waals surface area contributed by atoms with Gasteiger partial charge in [0.1, 0.15) is 11.5 Å². The standard InChI is InChI=1S/C16H21N5O/c1-12-8-15(19-13(2)18-12)16(22)21-6-3-4-14(10-21)9-20-7-5-17-11-20/h5,7-8,11,14H,3-4,6,9-10H2,1-2H3/t14-/m0/s1. The maximum absolute atomic E-state index is 12.7. The normalized spacial score (nSPS) is 18.5. The highest BCUT2D eigenvalue weighted by Crippen LogP contribution is 2.20. The SMILES string of the molecule is Cc1cc(C(=O)N2CCC[C@@H](Cn3ccnc3)C2)nc(C)n1. The van der Waals surface area contributed by atoms with Crippen LogP contribution in [0.25, 0.3) is 0 Å². The molecule has 0 N–H and O–H groups in total. The van der Waals surface area contributed by atoms with Crippen LogP contribution in [0.5, 0.6) is 0 Å². The van der Waals surface area contributed by atoms with Gasteiger partial charge in [-0.1, -0.05) is 0 Å². The minimum atomic E-state index is 0.0175. The second-order valence-electron chi connectivity index (χ2n) is 5.96. The first-order chi connectivity index (χ1) is 10.6. The molecule has 0 aliphatic carbocycles. The fourth-order valence-corrected chi connectivity index (χ4v) is 3.08. The molecule has 0 bridgehead atoms. The number of likely N-dealkylation sites (tertiary alicyclic amines) is 1. The van der Waals surface area contributed by atoms with Gasteiger partial charge in [-0.25, -0.2) is 15.0 Å². The predicted octanol–water partition coefficient (Wildman–Crippen LogP) is 1.84.